The lowest BCUT2D eigenvalue weighted by Gasteiger charge is -2.10. The number of carbonyl (C=O) groups is 2. The normalized spacial score (nSPS) is 12.5. The van der Waals surface area contributed by atoms with E-state index in [1.807, 2.05) is 0 Å². The molecule has 0 saturated carbocycles. The first-order valence-corrected chi connectivity index (χ1v) is 10.4. The van der Waals surface area contributed by atoms with E-state index in [0.29, 0.717) is 24.7 Å². The van der Waals surface area contributed by atoms with Crippen LogP contribution in [0.25, 0.3) is 0 Å². The van der Waals surface area contributed by atoms with Gasteiger partial charge < -0.3 is 10.2 Å². The Kier molecular flexibility index (Phi) is 14.1. The van der Waals surface area contributed by atoms with Gasteiger partial charge in [-0.1, -0.05) is 79.1 Å². The van der Waals surface area contributed by atoms with Crippen LogP contribution in [0.1, 0.15) is 105 Å². The first kappa shape index (κ1) is 24.7. The topological polar surface area (TPSA) is 74.6 Å². The molecule has 0 heterocycles. The lowest BCUT2D eigenvalue weighted by atomic mass is 9.95. The highest BCUT2D eigenvalue weighted by atomic mass is 16.4. The van der Waals surface area contributed by atoms with Crippen molar-refractivity contribution in [3.05, 3.63) is 11.1 Å². The Balaban J connectivity index is 4.43. The zero-order valence-corrected chi connectivity index (χ0v) is 17.4. The van der Waals surface area contributed by atoms with E-state index in [1.165, 1.54) is 12.8 Å². The average molecular weight is 369 g/mol. The summed E-state index contributed by atoms with van der Waals surface area (Å²) in [5, 5.41) is 18.9. The number of unbranched alkanes of at least 4 members (excludes halogenated alkanes) is 6. The minimum Gasteiger partial charge on any atom is -0.478 e. The molecular formula is C22H40O4. The van der Waals surface area contributed by atoms with Gasteiger partial charge in [-0.15, -0.1) is 0 Å². The predicted molar refractivity (Wildman–Crippen MR) is 107 cm³/mol. The molecule has 0 aromatic carbocycles. The third kappa shape index (κ3) is 13.0. The monoisotopic (exact) mass is 368 g/mol. The molecule has 0 aliphatic carbocycles. The SMILES string of the molecule is CC(C)CCCCCC/C(C(=O)O)=C(/CCCCCCC(C)C)C(=O)O. The molecule has 152 valence electrons. The van der Waals surface area contributed by atoms with Crippen LogP contribution in [-0.2, 0) is 9.59 Å². The van der Waals surface area contributed by atoms with Crippen molar-refractivity contribution in [3.8, 4) is 0 Å². The largest absolute Gasteiger partial charge is 0.478 e. The lowest BCUT2D eigenvalue weighted by Crippen LogP contribution is -2.12. The summed E-state index contributed by atoms with van der Waals surface area (Å²) in [6.07, 6.45) is 11.0. The Morgan fingerprint density at radius 3 is 1.15 bits per heavy atom. The van der Waals surface area contributed by atoms with Crippen LogP contribution in [0.3, 0.4) is 0 Å². The van der Waals surface area contributed by atoms with Gasteiger partial charge in [0.25, 0.3) is 0 Å². The molecule has 0 radical (unpaired) electrons. The maximum absolute atomic E-state index is 11.5. The molecule has 0 atom stereocenters. The summed E-state index contributed by atoms with van der Waals surface area (Å²) in [4.78, 5) is 23.1. The van der Waals surface area contributed by atoms with E-state index in [0.717, 1.165) is 51.4 Å². The lowest BCUT2D eigenvalue weighted by molar-refractivity contribution is -0.136. The Bertz CT molecular complexity index is 395. The third-order valence-corrected chi connectivity index (χ3v) is 4.80. The summed E-state index contributed by atoms with van der Waals surface area (Å²) < 4.78 is 0. The van der Waals surface area contributed by atoms with Gasteiger partial charge in [0.2, 0.25) is 0 Å². The first-order chi connectivity index (χ1) is 12.3. The predicted octanol–water partition coefficient (Wildman–Crippen LogP) is 6.45. The Hall–Kier alpha value is -1.32. The molecule has 4 nitrogen and oxygen atoms in total. The highest BCUT2D eigenvalue weighted by Gasteiger charge is 2.19. The minimum atomic E-state index is -1.07. The maximum Gasteiger partial charge on any atom is 0.332 e. The molecule has 0 bridgehead atoms. The number of carboxylic acid groups (broad SMARTS) is 2. The quantitative estimate of drug-likeness (QED) is 0.243. The van der Waals surface area contributed by atoms with E-state index < -0.39 is 11.9 Å². The standard InChI is InChI=1S/C22H40O4/c1-17(2)13-9-5-7-11-15-19(21(23)24)20(22(25)26)16-12-8-6-10-14-18(3)4/h17-18H,5-16H2,1-4H3,(H,23,24)(H,25,26)/b20-19+. The van der Waals surface area contributed by atoms with Crippen molar-refractivity contribution in [1.82, 2.24) is 0 Å². The summed E-state index contributed by atoms with van der Waals surface area (Å²) in [6.45, 7) is 8.81. The molecule has 2 N–H and O–H groups in total. The minimum absolute atomic E-state index is 0.114. The van der Waals surface area contributed by atoms with Crippen LogP contribution in [0.5, 0.6) is 0 Å². The zero-order chi connectivity index (χ0) is 19.9. The number of hydrogen-bond acceptors (Lipinski definition) is 2. The summed E-state index contributed by atoms with van der Waals surface area (Å²) in [6, 6.07) is 0. The molecule has 0 aromatic rings. The fraction of sp³-hybridized carbons (Fsp3) is 0.818. The number of carboxylic acids is 2. The van der Waals surface area contributed by atoms with Gasteiger partial charge in [-0.3, -0.25) is 0 Å². The highest BCUT2D eigenvalue weighted by Crippen LogP contribution is 2.21. The second kappa shape index (κ2) is 14.8. The molecule has 4 heteroatoms. The van der Waals surface area contributed by atoms with E-state index in [2.05, 4.69) is 27.7 Å². The molecule has 0 unspecified atom stereocenters. The number of aliphatic carboxylic acids is 2. The summed E-state index contributed by atoms with van der Waals surface area (Å²) in [5.74, 6) is -0.735. The molecule has 0 fully saturated rings. The van der Waals surface area contributed by atoms with Gasteiger partial charge in [-0.2, -0.15) is 0 Å². The van der Waals surface area contributed by atoms with Gasteiger partial charge in [0, 0.05) is 11.1 Å². The van der Waals surface area contributed by atoms with Crippen LogP contribution >= 0.6 is 0 Å². The Labute approximate surface area is 160 Å². The van der Waals surface area contributed by atoms with E-state index in [1.54, 1.807) is 0 Å². The van der Waals surface area contributed by atoms with Crippen molar-refractivity contribution in [2.75, 3.05) is 0 Å². The fourth-order valence-electron chi connectivity index (χ4n) is 3.19. The van der Waals surface area contributed by atoms with Crippen molar-refractivity contribution in [1.29, 1.82) is 0 Å². The van der Waals surface area contributed by atoms with E-state index >= 15 is 0 Å². The van der Waals surface area contributed by atoms with Crippen molar-refractivity contribution in [3.63, 3.8) is 0 Å². The van der Waals surface area contributed by atoms with Crippen LogP contribution in [0.4, 0.5) is 0 Å². The highest BCUT2D eigenvalue weighted by molar-refractivity contribution is 5.98. The molecule has 0 amide bonds. The van der Waals surface area contributed by atoms with Crippen molar-refractivity contribution in [2.24, 2.45) is 11.8 Å². The Morgan fingerprint density at radius 2 is 0.885 bits per heavy atom. The Morgan fingerprint density at radius 1 is 0.577 bits per heavy atom. The summed E-state index contributed by atoms with van der Waals surface area (Å²) >= 11 is 0. The number of hydrogen-bond donors (Lipinski definition) is 2. The molecular weight excluding hydrogens is 328 g/mol. The summed E-state index contributed by atoms with van der Waals surface area (Å²) in [5.41, 5.74) is 0.229. The van der Waals surface area contributed by atoms with Crippen molar-refractivity contribution in [2.45, 2.75) is 105 Å². The molecule has 0 aliphatic rings. The molecule has 26 heavy (non-hydrogen) atoms. The van der Waals surface area contributed by atoms with Crippen molar-refractivity contribution >= 4 is 11.9 Å². The molecule has 0 rings (SSSR count). The molecule has 0 saturated heterocycles. The second-order valence-corrected chi connectivity index (χ2v) is 8.26. The van der Waals surface area contributed by atoms with Crippen molar-refractivity contribution < 1.29 is 19.8 Å². The summed E-state index contributed by atoms with van der Waals surface area (Å²) in [7, 11) is 0. The molecule has 0 aromatic heterocycles. The van der Waals surface area contributed by atoms with Crippen LogP contribution < -0.4 is 0 Å². The van der Waals surface area contributed by atoms with E-state index in [4.69, 9.17) is 0 Å². The first-order valence-electron chi connectivity index (χ1n) is 10.4. The van der Waals surface area contributed by atoms with Gasteiger partial charge in [0.05, 0.1) is 0 Å². The van der Waals surface area contributed by atoms with Gasteiger partial charge in [-0.05, 0) is 37.5 Å². The second-order valence-electron chi connectivity index (χ2n) is 8.26. The van der Waals surface area contributed by atoms with Gasteiger partial charge in [0.15, 0.2) is 0 Å². The van der Waals surface area contributed by atoms with E-state index in [-0.39, 0.29) is 11.1 Å². The third-order valence-electron chi connectivity index (χ3n) is 4.80. The average Bonchev–Trinajstić information content (AvgIpc) is 2.53. The van der Waals surface area contributed by atoms with Crippen LogP contribution in [0, 0.1) is 11.8 Å². The van der Waals surface area contributed by atoms with Crippen LogP contribution in [0.2, 0.25) is 0 Å². The van der Waals surface area contributed by atoms with Gasteiger partial charge in [0.1, 0.15) is 0 Å². The van der Waals surface area contributed by atoms with E-state index in [9.17, 15) is 19.8 Å². The molecule has 0 spiro atoms. The van der Waals surface area contributed by atoms with Gasteiger partial charge >= 0.3 is 11.9 Å². The molecule has 0 aliphatic heterocycles. The number of rotatable bonds is 16. The van der Waals surface area contributed by atoms with Crippen LogP contribution in [-0.4, -0.2) is 22.2 Å². The smallest absolute Gasteiger partial charge is 0.332 e. The zero-order valence-electron chi connectivity index (χ0n) is 17.4. The van der Waals surface area contributed by atoms with Crippen LogP contribution in [0.15, 0.2) is 11.1 Å². The fourth-order valence-corrected chi connectivity index (χ4v) is 3.19. The maximum atomic E-state index is 11.5. The van der Waals surface area contributed by atoms with Gasteiger partial charge in [-0.25, -0.2) is 9.59 Å².